The predicted molar refractivity (Wildman–Crippen MR) is 71.4 cm³/mol. The third-order valence-electron chi connectivity index (χ3n) is 3.14. The highest BCUT2D eigenvalue weighted by atomic mass is 16.5. The molecule has 1 aliphatic heterocycles. The Hall–Kier alpha value is -2.57. The molecule has 1 aliphatic rings. The lowest BCUT2D eigenvalue weighted by atomic mass is 10.2. The molecule has 1 aromatic rings. The lowest BCUT2D eigenvalue weighted by Gasteiger charge is -2.15. The molecule has 0 spiro atoms. The number of rotatable bonds is 6. The normalized spacial score (nSPS) is 14.4. The van der Waals surface area contributed by atoms with Crippen molar-refractivity contribution >= 4 is 17.8 Å². The smallest absolute Gasteiger partial charge is 0.339 e. The van der Waals surface area contributed by atoms with E-state index in [-0.39, 0.29) is 49.1 Å². The summed E-state index contributed by atoms with van der Waals surface area (Å²) in [5.74, 6) is -1.02. The maximum Gasteiger partial charge on any atom is 0.339 e. The molecule has 0 radical (unpaired) electrons. The van der Waals surface area contributed by atoms with Crippen molar-refractivity contribution in [2.24, 2.45) is 0 Å². The number of carboxylic acids is 1. The molecule has 1 N–H and O–H groups in total. The van der Waals surface area contributed by atoms with Crippen molar-refractivity contribution in [1.29, 1.82) is 0 Å². The lowest BCUT2D eigenvalue weighted by Crippen LogP contribution is -2.33. The van der Waals surface area contributed by atoms with Crippen LogP contribution in [0.4, 0.5) is 0 Å². The van der Waals surface area contributed by atoms with E-state index in [0.717, 1.165) is 4.90 Å². The van der Waals surface area contributed by atoms with E-state index in [1.165, 1.54) is 19.2 Å². The highest BCUT2D eigenvalue weighted by Crippen LogP contribution is 2.24. The van der Waals surface area contributed by atoms with Crippen LogP contribution >= 0.6 is 0 Å². The van der Waals surface area contributed by atoms with E-state index >= 15 is 0 Å². The third kappa shape index (κ3) is 3.31. The number of benzene rings is 1. The van der Waals surface area contributed by atoms with Gasteiger partial charge in [0.25, 0.3) is 0 Å². The minimum atomic E-state index is -1.14. The van der Waals surface area contributed by atoms with Crippen LogP contribution in [0.5, 0.6) is 11.5 Å². The second-order valence-corrected chi connectivity index (χ2v) is 4.45. The van der Waals surface area contributed by atoms with Crippen LogP contribution in [0.15, 0.2) is 18.2 Å². The number of hydrogen-bond donors (Lipinski definition) is 1. The molecule has 0 bridgehead atoms. The van der Waals surface area contributed by atoms with Crippen molar-refractivity contribution in [3.8, 4) is 11.5 Å². The quantitative estimate of drug-likeness (QED) is 0.784. The molecule has 0 atom stereocenters. The molecule has 1 aromatic carbocycles. The lowest BCUT2D eigenvalue weighted by molar-refractivity contribution is -0.138. The van der Waals surface area contributed by atoms with Crippen LogP contribution in [-0.2, 0) is 9.59 Å². The van der Waals surface area contributed by atoms with Crippen molar-refractivity contribution in [3.05, 3.63) is 23.8 Å². The van der Waals surface area contributed by atoms with Crippen LogP contribution in [0.25, 0.3) is 0 Å². The van der Waals surface area contributed by atoms with Gasteiger partial charge < -0.3 is 14.6 Å². The molecule has 1 heterocycles. The summed E-state index contributed by atoms with van der Waals surface area (Å²) in [5, 5.41) is 9.13. The Morgan fingerprint density at radius 3 is 2.52 bits per heavy atom. The topological polar surface area (TPSA) is 93.1 Å². The number of carbonyl (C=O) groups is 3. The van der Waals surface area contributed by atoms with E-state index < -0.39 is 5.97 Å². The zero-order valence-electron chi connectivity index (χ0n) is 11.5. The van der Waals surface area contributed by atoms with Crippen molar-refractivity contribution < 1.29 is 29.0 Å². The zero-order valence-corrected chi connectivity index (χ0v) is 11.5. The van der Waals surface area contributed by atoms with Gasteiger partial charge in [-0.15, -0.1) is 0 Å². The van der Waals surface area contributed by atoms with E-state index in [4.69, 9.17) is 14.6 Å². The van der Waals surface area contributed by atoms with Gasteiger partial charge in [0.05, 0.1) is 13.7 Å². The molecular formula is C14H15NO6. The standard InChI is InChI=1S/C14H15NO6/c1-20-9-2-3-11(10(8-9)14(18)19)21-7-6-15-12(16)4-5-13(15)17/h2-3,8H,4-7H2,1H3,(H,18,19). The molecule has 2 amide bonds. The van der Waals surface area contributed by atoms with Crippen LogP contribution < -0.4 is 9.47 Å². The molecule has 7 nitrogen and oxygen atoms in total. The number of aromatic carboxylic acids is 1. The number of likely N-dealkylation sites (tertiary alicyclic amines) is 1. The van der Waals surface area contributed by atoms with Gasteiger partial charge in [-0.25, -0.2) is 4.79 Å². The number of amides is 2. The molecule has 1 fully saturated rings. The first-order chi connectivity index (χ1) is 10.0. The largest absolute Gasteiger partial charge is 0.497 e. The van der Waals surface area contributed by atoms with Gasteiger partial charge in [0.2, 0.25) is 11.8 Å². The fourth-order valence-electron chi connectivity index (χ4n) is 2.05. The highest BCUT2D eigenvalue weighted by Gasteiger charge is 2.28. The molecule has 2 rings (SSSR count). The van der Waals surface area contributed by atoms with Crippen LogP contribution in [-0.4, -0.2) is 48.1 Å². The van der Waals surface area contributed by atoms with Crippen molar-refractivity contribution in [1.82, 2.24) is 4.90 Å². The van der Waals surface area contributed by atoms with Gasteiger partial charge in [-0.2, -0.15) is 0 Å². The first kappa shape index (κ1) is 14.8. The summed E-state index contributed by atoms with van der Waals surface area (Å²) >= 11 is 0. The van der Waals surface area contributed by atoms with E-state index in [9.17, 15) is 14.4 Å². The Bertz CT molecular complexity index is 567. The van der Waals surface area contributed by atoms with Gasteiger partial charge in [-0.05, 0) is 18.2 Å². The van der Waals surface area contributed by atoms with Crippen LogP contribution in [0.3, 0.4) is 0 Å². The molecule has 112 valence electrons. The van der Waals surface area contributed by atoms with Crippen molar-refractivity contribution in [2.75, 3.05) is 20.3 Å². The summed E-state index contributed by atoms with van der Waals surface area (Å²) in [5.41, 5.74) is -0.0339. The first-order valence-electron chi connectivity index (χ1n) is 6.40. The molecule has 7 heteroatoms. The van der Waals surface area contributed by atoms with Crippen molar-refractivity contribution in [2.45, 2.75) is 12.8 Å². The molecule has 0 aromatic heterocycles. The zero-order chi connectivity index (χ0) is 15.4. The summed E-state index contributed by atoms with van der Waals surface area (Å²) in [7, 11) is 1.44. The summed E-state index contributed by atoms with van der Waals surface area (Å²) in [6, 6.07) is 4.41. The van der Waals surface area contributed by atoms with E-state index in [1.807, 2.05) is 0 Å². The number of nitrogens with zero attached hydrogens (tertiary/aromatic N) is 1. The van der Waals surface area contributed by atoms with Crippen LogP contribution in [0.1, 0.15) is 23.2 Å². The Morgan fingerprint density at radius 2 is 1.95 bits per heavy atom. The molecule has 0 unspecified atom stereocenters. The molecule has 1 saturated heterocycles. The minimum absolute atomic E-state index is 0.0339. The second-order valence-electron chi connectivity index (χ2n) is 4.45. The summed E-state index contributed by atoms with van der Waals surface area (Å²) in [4.78, 5) is 35.1. The maximum absolute atomic E-state index is 11.4. The Kier molecular flexibility index (Phi) is 4.42. The van der Waals surface area contributed by atoms with Crippen molar-refractivity contribution in [3.63, 3.8) is 0 Å². The molecule has 0 aliphatic carbocycles. The second kappa shape index (κ2) is 6.25. The van der Waals surface area contributed by atoms with E-state index in [0.29, 0.717) is 5.75 Å². The van der Waals surface area contributed by atoms with Crippen LogP contribution in [0, 0.1) is 0 Å². The molecule has 0 saturated carbocycles. The van der Waals surface area contributed by atoms with Gasteiger partial charge in [0.15, 0.2) is 0 Å². The predicted octanol–water partition coefficient (Wildman–Crippen LogP) is 0.921. The Balaban J connectivity index is 2.01. The average Bonchev–Trinajstić information content (AvgIpc) is 2.79. The number of carbonyl (C=O) groups excluding carboxylic acids is 2. The van der Waals surface area contributed by atoms with Gasteiger partial charge >= 0.3 is 5.97 Å². The van der Waals surface area contributed by atoms with Gasteiger partial charge in [-0.3, -0.25) is 14.5 Å². The van der Waals surface area contributed by atoms with Gasteiger partial charge in [0.1, 0.15) is 23.7 Å². The molecule has 21 heavy (non-hydrogen) atoms. The first-order valence-corrected chi connectivity index (χ1v) is 6.40. The fourth-order valence-corrected chi connectivity index (χ4v) is 2.05. The summed E-state index contributed by atoms with van der Waals surface area (Å²) < 4.78 is 10.3. The van der Waals surface area contributed by atoms with E-state index in [1.54, 1.807) is 6.07 Å². The number of ether oxygens (including phenoxy) is 2. The van der Waals surface area contributed by atoms with Crippen LogP contribution in [0.2, 0.25) is 0 Å². The van der Waals surface area contributed by atoms with Gasteiger partial charge in [-0.1, -0.05) is 0 Å². The Labute approximate surface area is 121 Å². The van der Waals surface area contributed by atoms with Gasteiger partial charge in [0, 0.05) is 12.8 Å². The Morgan fingerprint density at radius 1 is 1.29 bits per heavy atom. The SMILES string of the molecule is COc1ccc(OCCN2C(=O)CCC2=O)c(C(=O)O)c1. The fraction of sp³-hybridized carbons (Fsp3) is 0.357. The maximum atomic E-state index is 11.4. The third-order valence-corrected chi connectivity index (χ3v) is 3.14. The number of hydrogen-bond acceptors (Lipinski definition) is 5. The summed E-state index contributed by atoms with van der Waals surface area (Å²) in [6.45, 7) is 0.160. The monoisotopic (exact) mass is 293 g/mol. The molecular weight excluding hydrogens is 278 g/mol. The summed E-state index contributed by atoms with van der Waals surface area (Å²) in [6.07, 6.45) is 0.448. The number of methoxy groups -OCH3 is 1. The minimum Gasteiger partial charge on any atom is -0.497 e. The van der Waals surface area contributed by atoms with E-state index in [2.05, 4.69) is 0 Å². The average molecular weight is 293 g/mol. The highest BCUT2D eigenvalue weighted by molar-refractivity contribution is 6.01. The number of carboxylic acid groups (broad SMARTS) is 1. The number of imide groups is 1.